The van der Waals surface area contributed by atoms with Crippen molar-refractivity contribution < 1.29 is 23.8 Å². The Labute approximate surface area is 217 Å². The van der Waals surface area contributed by atoms with Crippen LogP contribution in [0.25, 0.3) is 10.8 Å². The Morgan fingerprint density at radius 3 is 2.47 bits per heavy atom. The van der Waals surface area contributed by atoms with Crippen molar-refractivity contribution in [1.29, 1.82) is 0 Å². The van der Waals surface area contributed by atoms with E-state index in [-0.39, 0.29) is 22.9 Å². The zero-order valence-corrected chi connectivity index (χ0v) is 20.5. The van der Waals surface area contributed by atoms with Crippen LogP contribution in [0.4, 0.5) is 0 Å². The van der Waals surface area contributed by atoms with Gasteiger partial charge in [0.15, 0.2) is 18.1 Å². The quantitative estimate of drug-likeness (QED) is 0.135. The first-order valence-corrected chi connectivity index (χ1v) is 11.5. The molecule has 0 saturated heterocycles. The first kappa shape index (κ1) is 25.0. The molecule has 4 aromatic rings. The molecule has 0 spiro atoms. The van der Waals surface area contributed by atoms with Crippen molar-refractivity contribution in [2.45, 2.75) is 0 Å². The van der Waals surface area contributed by atoms with Crippen molar-refractivity contribution >= 4 is 52.1 Å². The molecule has 0 heterocycles. The minimum atomic E-state index is -0.619. The number of rotatable bonds is 8. The number of hydrogen-bond donors (Lipinski definition) is 1. The lowest BCUT2D eigenvalue weighted by molar-refractivity contribution is -0.123. The summed E-state index contributed by atoms with van der Waals surface area (Å²) in [6, 6.07) is 22.7. The van der Waals surface area contributed by atoms with Crippen LogP contribution in [0, 0.1) is 0 Å². The molecule has 1 amide bonds. The number of ether oxygens (including phenoxy) is 3. The van der Waals surface area contributed by atoms with E-state index in [0.29, 0.717) is 22.1 Å². The standard InChI is InChI=1S/C27H20Cl2N2O5/c1-34-25-12-17(6-11-24(25)36-27(33)20-8-10-22(28)23(29)14-20)15-30-31-26(32)16-35-21-9-7-18-4-2-3-5-19(18)13-21/h2-15H,16H2,1H3,(H,31,32)/b30-15-. The third-order valence-corrected chi connectivity index (χ3v) is 5.78. The van der Waals surface area contributed by atoms with Gasteiger partial charge in [0.05, 0.1) is 28.9 Å². The predicted molar refractivity (Wildman–Crippen MR) is 140 cm³/mol. The predicted octanol–water partition coefficient (Wildman–Crippen LogP) is 5.90. The van der Waals surface area contributed by atoms with Crippen molar-refractivity contribution in [3.05, 3.63) is 100 Å². The molecular formula is C27H20Cl2N2O5. The minimum absolute atomic E-state index is 0.192. The molecule has 9 heteroatoms. The molecule has 0 atom stereocenters. The molecule has 4 rings (SSSR count). The molecule has 1 N–H and O–H groups in total. The number of hydrazone groups is 1. The lowest BCUT2D eigenvalue weighted by Gasteiger charge is -2.10. The summed E-state index contributed by atoms with van der Waals surface area (Å²) in [5, 5.41) is 6.63. The highest BCUT2D eigenvalue weighted by Crippen LogP contribution is 2.29. The van der Waals surface area contributed by atoms with E-state index in [1.807, 2.05) is 36.4 Å². The number of hydrogen-bond acceptors (Lipinski definition) is 6. The summed E-state index contributed by atoms with van der Waals surface area (Å²) in [7, 11) is 1.44. The summed E-state index contributed by atoms with van der Waals surface area (Å²) >= 11 is 11.9. The maximum atomic E-state index is 12.4. The molecule has 0 unspecified atom stereocenters. The number of fused-ring (bicyclic) bond motifs is 1. The molecule has 0 aromatic heterocycles. The van der Waals surface area contributed by atoms with Crippen molar-refractivity contribution in [3.8, 4) is 17.2 Å². The summed E-state index contributed by atoms with van der Waals surface area (Å²) in [5.41, 5.74) is 3.26. The molecule has 0 fully saturated rings. The van der Waals surface area contributed by atoms with Crippen LogP contribution in [0.15, 0.2) is 84.0 Å². The number of halogens is 2. The van der Waals surface area contributed by atoms with Gasteiger partial charge in [0, 0.05) is 0 Å². The zero-order chi connectivity index (χ0) is 25.5. The molecule has 0 aliphatic heterocycles. The van der Waals surface area contributed by atoms with E-state index in [2.05, 4.69) is 10.5 Å². The second kappa shape index (κ2) is 11.6. The number of benzene rings is 4. The second-order valence-electron chi connectivity index (χ2n) is 7.52. The van der Waals surface area contributed by atoms with Crippen LogP contribution in [-0.4, -0.2) is 31.8 Å². The van der Waals surface area contributed by atoms with E-state index in [4.69, 9.17) is 37.4 Å². The van der Waals surface area contributed by atoms with Crippen LogP contribution in [0.5, 0.6) is 17.2 Å². The highest BCUT2D eigenvalue weighted by molar-refractivity contribution is 6.42. The van der Waals surface area contributed by atoms with Crippen molar-refractivity contribution in [3.63, 3.8) is 0 Å². The van der Waals surface area contributed by atoms with Gasteiger partial charge < -0.3 is 14.2 Å². The molecule has 7 nitrogen and oxygen atoms in total. The number of amides is 1. The molecule has 4 aromatic carbocycles. The average Bonchev–Trinajstić information content (AvgIpc) is 2.89. The van der Waals surface area contributed by atoms with Gasteiger partial charge in [0.25, 0.3) is 5.91 Å². The fourth-order valence-corrected chi connectivity index (χ4v) is 3.55. The highest BCUT2D eigenvalue weighted by atomic mass is 35.5. The summed E-state index contributed by atoms with van der Waals surface area (Å²) in [4.78, 5) is 24.5. The molecule has 182 valence electrons. The van der Waals surface area contributed by atoms with Crippen molar-refractivity contribution in [1.82, 2.24) is 5.43 Å². The van der Waals surface area contributed by atoms with Crippen molar-refractivity contribution in [2.24, 2.45) is 5.10 Å². The first-order valence-electron chi connectivity index (χ1n) is 10.7. The summed E-state index contributed by atoms with van der Waals surface area (Å²) in [5.74, 6) is 0.0611. The maximum Gasteiger partial charge on any atom is 0.343 e. The third-order valence-electron chi connectivity index (χ3n) is 5.04. The zero-order valence-electron chi connectivity index (χ0n) is 19.0. The highest BCUT2D eigenvalue weighted by Gasteiger charge is 2.14. The molecule has 0 aliphatic rings. The van der Waals surface area contributed by atoms with E-state index in [0.717, 1.165) is 10.8 Å². The topological polar surface area (TPSA) is 86.2 Å². The van der Waals surface area contributed by atoms with Gasteiger partial charge in [0.1, 0.15) is 5.75 Å². The van der Waals surface area contributed by atoms with Crippen LogP contribution >= 0.6 is 23.2 Å². The summed E-state index contributed by atoms with van der Waals surface area (Å²) in [6.45, 7) is -0.192. The third kappa shape index (κ3) is 6.33. The summed E-state index contributed by atoms with van der Waals surface area (Å²) in [6.07, 6.45) is 1.43. The lowest BCUT2D eigenvalue weighted by atomic mass is 10.1. The average molecular weight is 523 g/mol. The SMILES string of the molecule is COc1cc(/C=N\NC(=O)COc2ccc3ccccc3c2)ccc1OC(=O)c1ccc(Cl)c(Cl)c1. The Balaban J connectivity index is 1.33. The fourth-order valence-electron chi connectivity index (χ4n) is 3.25. The van der Waals surface area contributed by atoms with E-state index in [1.165, 1.54) is 31.5 Å². The molecular weight excluding hydrogens is 503 g/mol. The normalized spacial score (nSPS) is 10.9. The molecule has 0 bridgehead atoms. The molecule has 0 aliphatic carbocycles. The van der Waals surface area contributed by atoms with Gasteiger partial charge in [-0.15, -0.1) is 0 Å². The van der Waals surface area contributed by atoms with Gasteiger partial charge >= 0.3 is 5.97 Å². The number of esters is 1. The van der Waals surface area contributed by atoms with Gasteiger partial charge in [0.2, 0.25) is 0 Å². The summed E-state index contributed by atoms with van der Waals surface area (Å²) < 4.78 is 16.3. The largest absolute Gasteiger partial charge is 0.493 e. The Morgan fingerprint density at radius 1 is 0.889 bits per heavy atom. The fraction of sp³-hybridized carbons (Fsp3) is 0.0741. The monoisotopic (exact) mass is 522 g/mol. The van der Waals surface area contributed by atoms with E-state index in [1.54, 1.807) is 24.3 Å². The van der Waals surface area contributed by atoms with Gasteiger partial charge in [-0.1, -0.05) is 53.5 Å². The van der Waals surface area contributed by atoms with Gasteiger partial charge in [-0.3, -0.25) is 4.79 Å². The van der Waals surface area contributed by atoms with Crippen LogP contribution < -0.4 is 19.6 Å². The van der Waals surface area contributed by atoms with Crippen LogP contribution in [0.3, 0.4) is 0 Å². The Kier molecular flexibility index (Phi) is 8.05. The molecule has 0 radical (unpaired) electrons. The van der Waals surface area contributed by atoms with E-state index in [9.17, 15) is 9.59 Å². The number of methoxy groups -OCH3 is 1. The molecule has 0 saturated carbocycles. The first-order chi connectivity index (χ1) is 17.4. The number of nitrogens with one attached hydrogen (secondary N) is 1. The van der Waals surface area contributed by atoms with Crippen LogP contribution in [0.2, 0.25) is 10.0 Å². The Bertz CT molecular complexity index is 1460. The van der Waals surface area contributed by atoms with Crippen molar-refractivity contribution in [2.75, 3.05) is 13.7 Å². The van der Waals surface area contributed by atoms with Gasteiger partial charge in [-0.05, 0) is 64.9 Å². The number of carbonyl (C=O) groups is 2. The van der Waals surface area contributed by atoms with E-state index >= 15 is 0 Å². The number of carbonyl (C=O) groups excluding carboxylic acids is 2. The lowest BCUT2D eigenvalue weighted by Crippen LogP contribution is -2.24. The smallest absolute Gasteiger partial charge is 0.343 e. The molecule has 36 heavy (non-hydrogen) atoms. The Morgan fingerprint density at radius 2 is 1.69 bits per heavy atom. The van der Waals surface area contributed by atoms with E-state index < -0.39 is 11.9 Å². The number of nitrogens with zero attached hydrogens (tertiary/aromatic N) is 1. The second-order valence-corrected chi connectivity index (χ2v) is 8.33. The van der Waals surface area contributed by atoms with Crippen LogP contribution in [0.1, 0.15) is 15.9 Å². The maximum absolute atomic E-state index is 12.4. The minimum Gasteiger partial charge on any atom is -0.493 e. The van der Waals surface area contributed by atoms with Gasteiger partial charge in [-0.2, -0.15) is 5.10 Å². The van der Waals surface area contributed by atoms with Crippen LogP contribution in [-0.2, 0) is 4.79 Å². The van der Waals surface area contributed by atoms with Gasteiger partial charge in [-0.25, -0.2) is 10.2 Å². The Hall–Kier alpha value is -4.07.